The minimum atomic E-state index is -0.694. The molecule has 98 valence electrons. The molecule has 2 rings (SSSR count). The summed E-state index contributed by atoms with van der Waals surface area (Å²) in [6.45, 7) is 0. The highest BCUT2D eigenvalue weighted by Gasteiger charge is 2.15. The summed E-state index contributed by atoms with van der Waals surface area (Å²) in [6.07, 6.45) is 0. The molecule has 0 atom stereocenters. The normalized spacial score (nSPS) is 10.3. The number of amides is 1. The summed E-state index contributed by atoms with van der Waals surface area (Å²) < 4.78 is 27.2. The van der Waals surface area contributed by atoms with Gasteiger partial charge in [-0.05, 0) is 40.2 Å². The van der Waals surface area contributed by atoms with E-state index in [1.54, 1.807) is 6.07 Å². The van der Waals surface area contributed by atoms with E-state index >= 15 is 0 Å². The number of carbonyl (C=O) groups excluding carboxylic acids is 1. The van der Waals surface area contributed by atoms with E-state index in [-0.39, 0.29) is 16.9 Å². The standard InChI is InChI=1S/C13H9BrF2N2O/c14-8-4-2-6-10(16)12(8)18-13(19)7-3-1-5-9(15)11(7)17/h1-6H,17H2,(H,18,19). The molecule has 0 saturated heterocycles. The average Bonchev–Trinajstić information content (AvgIpc) is 2.37. The highest BCUT2D eigenvalue weighted by atomic mass is 79.9. The first kappa shape index (κ1) is 13.5. The van der Waals surface area contributed by atoms with Gasteiger partial charge in [-0.3, -0.25) is 4.79 Å². The molecule has 0 fully saturated rings. The first-order chi connectivity index (χ1) is 9.00. The predicted molar refractivity (Wildman–Crippen MR) is 72.9 cm³/mol. The van der Waals surface area contributed by atoms with Gasteiger partial charge in [-0.25, -0.2) is 8.78 Å². The van der Waals surface area contributed by atoms with Crippen LogP contribution in [0.1, 0.15) is 10.4 Å². The molecule has 0 aliphatic heterocycles. The van der Waals surface area contributed by atoms with E-state index in [9.17, 15) is 13.6 Å². The van der Waals surface area contributed by atoms with Crippen molar-refractivity contribution in [3.05, 3.63) is 58.1 Å². The molecule has 0 saturated carbocycles. The van der Waals surface area contributed by atoms with Crippen molar-refractivity contribution in [3.8, 4) is 0 Å². The van der Waals surface area contributed by atoms with E-state index in [1.165, 1.54) is 24.3 Å². The topological polar surface area (TPSA) is 55.1 Å². The quantitative estimate of drug-likeness (QED) is 0.829. The van der Waals surface area contributed by atoms with Gasteiger partial charge in [-0.2, -0.15) is 0 Å². The number of carbonyl (C=O) groups is 1. The van der Waals surface area contributed by atoms with E-state index in [4.69, 9.17) is 5.73 Å². The average molecular weight is 327 g/mol. The first-order valence-electron chi connectivity index (χ1n) is 5.30. The van der Waals surface area contributed by atoms with Crippen LogP contribution in [0, 0.1) is 11.6 Å². The highest BCUT2D eigenvalue weighted by Crippen LogP contribution is 2.26. The maximum atomic E-state index is 13.6. The Hall–Kier alpha value is -1.95. The van der Waals surface area contributed by atoms with Gasteiger partial charge in [0, 0.05) is 4.47 Å². The Labute approximate surface area is 116 Å². The molecular formula is C13H9BrF2N2O. The molecule has 0 spiro atoms. The second kappa shape index (κ2) is 5.36. The number of hydrogen-bond acceptors (Lipinski definition) is 2. The van der Waals surface area contributed by atoms with Crippen LogP contribution in [-0.2, 0) is 0 Å². The zero-order valence-corrected chi connectivity index (χ0v) is 11.2. The Kier molecular flexibility index (Phi) is 3.80. The fourth-order valence-corrected chi connectivity index (χ4v) is 1.97. The SMILES string of the molecule is Nc1c(F)cccc1C(=O)Nc1c(F)cccc1Br. The van der Waals surface area contributed by atoms with Gasteiger partial charge in [0.2, 0.25) is 0 Å². The van der Waals surface area contributed by atoms with E-state index in [0.717, 1.165) is 6.07 Å². The lowest BCUT2D eigenvalue weighted by Crippen LogP contribution is -2.16. The lowest BCUT2D eigenvalue weighted by molar-refractivity contribution is 0.102. The minimum absolute atomic E-state index is 0.0174. The Morgan fingerprint density at radius 1 is 1.11 bits per heavy atom. The second-order valence-electron chi connectivity index (χ2n) is 3.75. The summed E-state index contributed by atoms with van der Waals surface area (Å²) in [4.78, 5) is 11.9. The van der Waals surface area contributed by atoms with Gasteiger partial charge < -0.3 is 11.1 Å². The largest absolute Gasteiger partial charge is 0.396 e. The van der Waals surface area contributed by atoms with Gasteiger partial charge >= 0.3 is 0 Å². The van der Waals surface area contributed by atoms with Crippen LogP contribution in [0.25, 0.3) is 0 Å². The van der Waals surface area contributed by atoms with Crippen LogP contribution >= 0.6 is 15.9 Å². The number of hydrogen-bond donors (Lipinski definition) is 2. The number of rotatable bonds is 2. The predicted octanol–water partition coefficient (Wildman–Crippen LogP) is 3.56. The van der Waals surface area contributed by atoms with Crippen LogP contribution in [0.4, 0.5) is 20.2 Å². The monoisotopic (exact) mass is 326 g/mol. The third-order valence-electron chi connectivity index (χ3n) is 2.50. The maximum absolute atomic E-state index is 13.6. The zero-order chi connectivity index (χ0) is 14.0. The fourth-order valence-electron chi connectivity index (χ4n) is 1.53. The van der Waals surface area contributed by atoms with Gasteiger partial charge in [-0.15, -0.1) is 0 Å². The van der Waals surface area contributed by atoms with E-state index < -0.39 is 17.5 Å². The molecule has 3 N–H and O–H groups in total. The van der Waals surface area contributed by atoms with Gasteiger partial charge in [-0.1, -0.05) is 12.1 Å². The number of anilines is 2. The number of halogens is 3. The summed E-state index contributed by atoms with van der Waals surface area (Å²) in [6, 6.07) is 8.14. The van der Waals surface area contributed by atoms with E-state index in [0.29, 0.717) is 4.47 Å². The van der Waals surface area contributed by atoms with Gasteiger partial charge in [0.05, 0.1) is 16.9 Å². The number of nitrogens with one attached hydrogen (secondary N) is 1. The van der Waals surface area contributed by atoms with Crippen molar-refractivity contribution in [3.63, 3.8) is 0 Å². The molecule has 0 heterocycles. The van der Waals surface area contributed by atoms with Crippen LogP contribution in [0.5, 0.6) is 0 Å². The van der Waals surface area contributed by atoms with Crippen LogP contribution in [-0.4, -0.2) is 5.91 Å². The Morgan fingerprint density at radius 2 is 1.74 bits per heavy atom. The summed E-state index contributed by atoms with van der Waals surface area (Å²) >= 11 is 3.12. The van der Waals surface area contributed by atoms with Gasteiger partial charge in [0.1, 0.15) is 11.6 Å². The summed E-state index contributed by atoms with van der Waals surface area (Å²) in [5.74, 6) is -1.97. The van der Waals surface area contributed by atoms with Crippen molar-refractivity contribution < 1.29 is 13.6 Å². The summed E-state index contributed by atoms with van der Waals surface area (Å²) in [5, 5.41) is 2.36. The molecule has 2 aromatic carbocycles. The Bertz CT molecular complexity index is 626. The zero-order valence-electron chi connectivity index (χ0n) is 9.58. The van der Waals surface area contributed by atoms with Crippen molar-refractivity contribution in [2.45, 2.75) is 0 Å². The fraction of sp³-hybridized carbons (Fsp3) is 0. The van der Waals surface area contributed by atoms with Gasteiger partial charge in [0.25, 0.3) is 5.91 Å². The second-order valence-corrected chi connectivity index (χ2v) is 4.61. The van der Waals surface area contributed by atoms with Crippen molar-refractivity contribution in [1.29, 1.82) is 0 Å². The van der Waals surface area contributed by atoms with E-state index in [2.05, 4.69) is 21.2 Å². The lowest BCUT2D eigenvalue weighted by Gasteiger charge is -2.10. The van der Waals surface area contributed by atoms with Crippen molar-refractivity contribution in [1.82, 2.24) is 0 Å². The maximum Gasteiger partial charge on any atom is 0.257 e. The molecule has 19 heavy (non-hydrogen) atoms. The van der Waals surface area contributed by atoms with Crippen LogP contribution in [0.15, 0.2) is 40.9 Å². The van der Waals surface area contributed by atoms with E-state index in [1.807, 2.05) is 0 Å². The van der Waals surface area contributed by atoms with Gasteiger partial charge in [0.15, 0.2) is 0 Å². The van der Waals surface area contributed by atoms with Crippen molar-refractivity contribution in [2.75, 3.05) is 11.1 Å². The number of para-hydroxylation sites is 2. The molecule has 0 aliphatic carbocycles. The minimum Gasteiger partial charge on any atom is -0.396 e. The number of nitrogen functional groups attached to an aromatic ring is 1. The number of nitrogens with two attached hydrogens (primary N) is 1. The smallest absolute Gasteiger partial charge is 0.257 e. The molecule has 6 heteroatoms. The van der Waals surface area contributed by atoms with Crippen LogP contribution < -0.4 is 11.1 Å². The Balaban J connectivity index is 2.34. The van der Waals surface area contributed by atoms with Crippen LogP contribution in [0.2, 0.25) is 0 Å². The molecule has 0 aliphatic rings. The third-order valence-corrected chi connectivity index (χ3v) is 3.16. The molecule has 1 amide bonds. The highest BCUT2D eigenvalue weighted by molar-refractivity contribution is 9.10. The molecular weight excluding hydrogens is 318 g/mol. The molecule has 0 bridgehead atoms. The Morgan fingerprint density at radius 3 is 2.42 bits per heavy atom. The summed E-state index contributed by atoms with van der Waals surface area (Å²) in [5.41, 5.74) is 5.14. The molecule has 0 unspecified atom stereocenters. The first-order valence-corrected chi connectivity index (χ1v) is 6.09. The van der Waals surface area contributed by atoms with Crippen LogP contribution in [0.3, 0.4) is 0 Å². The van der Waals surface area contributed by atoms with Crippen molar-refractivity contribution >= 4 is 33.2 Å². The molecule has 0 radical (unpaired) electrons. The molecule has 2 aromatic rings. The lowest BCUT2D eigenvalue weighted by atomic mass is 10.1. The molecule has 3 nitrogen and oxygen atoms in total. The molecule has 0 aromatic heterocycles. The summed E-state index contributed by atoms with van der Waals surface area (Å²) in [7, 11) is 0. The van der Waals surface area contributed by atoms with Crippen molar-refractivity contribution in [2.24, 2.45) is 0 Å². The number of benzene rings is 2. The third kappa shape index (κ3) is 2.73.